The molecule has 1 saturated carbocycles. The van der Waals surface area contributed by atoms with Crippen molar-refractivity contribution in [2.24, 2.45) is 0 Å². The first-order valence-electron chi connectivity index (χ1n) is 13.4. The molecule has 0 aliphatic heterocycles. The maximum atomic E-state index is 14.0. The van der Waals surface area contributed by atoms with Gasteiger partial charge in [0.1, 0.15) is 24.2 Å². The number of rotatable bonds is 11. The summed E-state index contributed by atoms with van der Waals surface area (Å²) in [7, 11) is -2.82. The molecule has 0 saturated heterocycles. The molecule has 4 rings (SSSR count). The maximum absolute atomic E-state index is 14.0. The number of carbonyl (C=O) groups excluding carboxylic acids is 2. The highest BCUT2D eigenvalue weighted by atomic mass is 35.5. The van der Waals surface area contributed by atoms with Gasteiger partial charge in [0.25, 0.3) is 10.0 Å². The molecular weight excluding hydrogens is 569 g/mol. The van der Waals surface area contributed by atoms with Crippen LogP contribution in [0.3, 0.4) is 0 Å². The van der Waals surface area contributed by atoms with Gasteiger partial charge in [0.05, 0.1) is 17.7 Å². The van der Waals surface area contributed by atoms with Crippen molar-refractivity contribution >= 4 is 39.1 Å². The second-order valence-corrected chi connectivity index (χ2v) is 12.2. The molecule has 218 valence electrons. The van der Waals surface area contributed by atoms with E-state index in [1.165, 1.54) is 48.4 Å². The maximum Gasteiger partial charge on any atom is 0.264 e. The van der Waals surface area contributed by atoms with Crippen LogP contribution in [0, 0.1) is 5.82 Å². The highest BCUT2D eigenvalue weighted by Gasteiger charge is 2.33. The molecule has 2 amide bonds. The van der Waals surface area contributed by atoms with Crippen LogP contribution in [0.4, 0.5) is 10.1 Å². The average Bonchev–Trinajstić information content (AvgIpc) is 3.48. The third-order valence-electron chi connectivity index (χ3n) is 7.21. The fourth-order valence-corrected chi connectivity index (χ4v) is 6.41. The Morgan fingerprint density at radius 1 is 1.02 bits per heavy atom. The van der Waals surface area contributed by atoms with Crippen LogP contribution in [0.1, 0.15) is 38.2 Å². The summed E-state index contributed by atoms with van der Waals surface area (Å²) < 4.78 is 47.5. The smallest absolute Gasteiger partial charge is 0.264 e. The van der Waals surface area contributed by atoms with Crippen molar-refractivity contribution in [2.45, 2.75) is 56.1 Å². The minimum absolute atomic E-state index is 0.0163. The molecule has 0 aromatic heterocycles. The first-order valence-corrected chi connectivity index (χ1v) is 15.2. The molecule has 1 atom stereocenters. The summed E-state index contributed by atoms with van der Waals surface area (Å²) >= 11 is 6.40. The van der Waals surface area contributed by atoms with E-state index in [1.54, 1.807) is 31.2 Å². The zero-order valence-corrected chi connectivity index (χ0v) is 24.5. The first kappa shape index (κ1) is 30.3. The molecule has 11 heteroatoms. The predicted molar refractivity (Wildman–Crippen MR) is 156 cm³/mol. The van der Waals surface area contributed by atoms with Gasteiger partial charge in [0.2, 0.25) is 11.8 Å². The molecule has 3 aromatic rings. The number of hydrogen-bond acceptors (Lipinski definition) is 5. The second-order valence-electron chi connectivity index (χ2n) is 9.94. The summed E-state index contributed by atoms with van der Waals surface area (Å²) in [5, 5.41) is 3.43. The Morgan fingerprint density at radius 3 is 2.27 bits per heavy atom. The molecular formula is C30H33ClFN3O5S. The van der Waals surface area contributed by atoms with E-state index in [0.29, 0.717) is 16.3 Å². The third kappa shape index (κ3) is 7.37. The molecule has 0 heterocycles. The van der Waals surface area contributed by atoms with Gasteiger partial charge in [0, 0.05) is 17.6 Å². The minimum atomic E-state index is -4.28. The Hall–Kier alpha value is -3.63. The Labute approximate surface area is 245 Å². The quantitative estimate of drug-likeness (QED) is 0.328. The lowest BCUT2D eigenvalue weighted by Crippen LogP contribution is -2.52. The number of amides is 2. The summed E-state index contributed by atoms with van der Waals surface area (Å²) in [5.41, 5.74) is 0.700. The van der Waals surface area contributed by atoms with E-state index in [9.17, 15) is 22.4 Å². The topological polar surface area (TPSA) is 96.0 Å². The number of ether oxygens (including phenoxy) is 1. The van der Waals surface area contributed by atoms with Crippen molar-refractivity contribution in [3.63, 3.8) is 0 Å². The van der Waals surface area contributed by atoms with E-state index >= 15 is 0 Å². The van der Waals surface area contributed by atoms with Crippen molar-refractivity contribution in [3.05, 3.63) is 89.2 Å². The van der Waals surface area contributed by atoms with Crippen LogP contribution in [0.15, 0.2) is 77.7 Å². The second kappa shape index (κ2) is 13.4. The molecule has 1 aliphatic rings. The van der Waals surface area contributed by atoms with E-state index in [1.807, 2.05) is 0 Å². The molecule has 0 unspecified atom stereocenters. The van der Waals surface area contributed by atoms with Crippen LogP contribution in [0.2, 0.25) is 5.02 Å². The Balaban J connectivity index is 1.69. The van der Waals surface area contributed by atoms with Gasteiger partial charge in [-0.3, -0.25) is 13.9 Å². The van der Waals surface area contributed by atoms with Crippen molar-refractivity contribution in [1.29, 1.82) is 0 Å². The largest absolute Gasteiger partial charge is 0.497 e. The molecule has 8 nitrogen and oxygen atoms in total. The number of methoxy groups -OCH3 is 1. The summed E-state index contributed by atoms with van der Waals surface area (Å²) in [6, 6.07) is 16.6. The van der Waals surface area contributed by atoms with Gasteiger partial charge in [-0.2, -0.15) is 0 Å². The van der Waals surface area contributed by atoms with Gasteiger partial charge in [-0.15, -0.1) is 0 Å². The summed E-state index contributed by atoms with van der Waals surface area (Å²) in [6.45, 7) is 0.961. The SMILES string of the molecule is COc1ccc(S(=O)(=O)N(CC(=O)N(Cc2ccccc2Cl)[C@H](C)C(=O)NC2CCCC2)c2ccc(F)cc2)cc1. The first-order chi connectivity index (χ1) is 19.6. The number of carbonyl (C=O) groups is 2. The zero-order valence-electron chi connectivity index (χ0n) is 22.9. The summed E-state index contributed by atoms with van der Waals surface area (Å²) in [4.78, 5) is 28.5. The lowest BCUT2D eigenvalue weighted by molar-refractivity contribution is -0.139. The van der Waals surface area contributed by atoms with Crippen LogP contribution in [0.25, 0.3) is 0 Å². The number of halogens is 2. The highest BCUT2D eigenvalue weighted by Crippen LogP contribution is 2.27. The minimum Gasteiger partial charge on any atom is -0.497 e. The predicted octanol–water partition coefficient (Wildman–Crippen LogP) is 5.16. The van der Waals surface area contributed by atoms with E-state index < -0.39 is 34.3 Å². The van der Waals surface area contributed by atoms with Gasteiger partial charge in [0.15, 0.2) is 0 Å². The van der Waals surface area contributed by atoms with E-state index in [-0.39, 0.29) is 29.1 Å². The van der Waals surface area contributed by atoms with Gasteiger partial charge in [-0.05, 0) is 79.9 Å². The summed E-state index contributed by atoms with van der Waals surface area (Å²) in [5.74, 6) is -1.05. The molecule has 1 aliphatic carbocycles. The number of nitrogens with one attached hydrogen (secondary N) is 1. The van der Waals surface area contributed by atoms with Crippen LogP contribution < -0.4 is 14.4 Å². The highest BCUT2D eigenvalue weighted by molar-refractivity contribution is 7.92. The fourth-order valence-electron chi connectivity index (χ4n) is 4.80. The van der Waals surface area contributed by atoms with Gasteiger partial charge in [-0.1, -0.05) is 42.6 Å². The van der Waals surface area contributed by atoms with E-state index in [2.05, 4.69) is 5.32 Å². The molecule has 0 spiro atoms. The average molecular weight is 602 g/mol. The van der Waals surface area contributed by atoms with Crippen LogP contribution in [0.5, 0.6) is 5.75 Å². The number of benzene rings is 3. The Bertz CT molecular complexity index is 1460. The molecule has 0 bridgehead atoms. The van der Waals surface area contributed by atoms with Gasteiger partial charge < -0.3 is 15.0 Å². The van der Waals surface area contributed by atoms with Crippen LogP contribution >= 0.6 is 11.6 Å². The summed E-state index contributed by atoms with van der Waals surface area (Å²) in [6.07, 6.45) is 3.79. The van der Waals surface area contributed by atoms with Crippen molar-refractivity contribution in [3.8, 4) is 5.75 Å². The Morgan fingerprint density at radius 2 is 1.66 bits per heavy atom. The van der Waals surface area contributed by atoms with Crippen LogP contribution in [-0.2, 0) is 26.2 Å². The molecule has 1 N–H and O–H groups in total. The number of anilines is 1. The third-order valence-corrected chi connectivity index (χ3v) is 9.37. The van der Waals surface area contributed by atoms with Crippen molar-refractivity contribution in [1.82, 2.24) is 10.2 Å². The fraction of sp³-hybridized carbons (Fsp3) is 0.333. The van der Waals surface area contributed by atoms with Crippen molar-refractivity contribution in [2.75, 3.05) is 18.0 Å². The van der Waals surface area contributed by atoms with Gasteiger partial charge in [-0.25, -0.2) is 12.8 Å². The lowest BCUT2D eigenvalue weighted by atomic mass is 10.1. The number of nitrogens with zero attached hydrogens (tertiary/aromatic N) is 2. The van der Waals surface area contributed by atoms with E-state index in [0.717, 1.165) is 42.1 Å². The number of sulfonamides is 1. The molecule has 1 fully saturated rings. The van der Waals surface area contributed by atoms with Crippen LogP contribution in [-0.4, -0.2) is 50.9 Å². The van der Waals surface area contributed by atoms with E-state index in [4.69, 9.17) is 16.3 Å². The Kier molecular flexibility index (Phi) is 9.88. The number of hydrogen-bond donors (Lipinski definition) is 1. The zero-order chi connectivity index (χ0) is 29.6. The molecule has 3 aromatic carbocycles. The van der Waals surface area contributed by atoms with Gasteiger partial charge >= 0.3 is 0 Å². The van der Waals surface area contributed by atoms with Crippen molar-refractivity contribution < 1.29 is 27.1 Å². The molecule has 0 radical (unpaired) electrons. The lowest BCUT2D eigenvalue weighted by Gasteiger charge is -2.32. The monoisotopic (exact) mass is 601 g/mol. The molecule has 41 heavy (non-hydrogen) atoms. The normalized spacial score (nSPS) is 14.3. The standard InChI is InChI=1S/C30H33ClFN3O5S/c1-21(30(37)33-24-8-4-5-9-24)34(19-22-7-3-6-10-28(22)31)29(36)20-35(25-13-11-23(32)12-14-25)41(38,39)27-17-15-26(40-2)16-18-27/h3,6-7,10-18,21,24H,4-5,8-9,19-20H2,1-2H3,(H,33,37)/t21-/m1/s1.